The molecule has 0 radical (unpaired) electrons. The standard InChI is InChI=1S/C16H21ClN4O.ClH/c1-10(8-18)19-16(22)15-11(2)20-21(12(15)3)9-13-6-4-5-7-14(13)17;/h4-7,10H,8-9,18H2,1-3H3,(H,19,22);1H/t10-;/m0./s1. The molecule has 0 spiro atoms. The first-order valence-electron chi connectivity index (χ1n) is 7.22. The van der Waals surface area contributed by atoms with Gasteiger partial charge in [0.2, 0.25) is 0 Å². The summed E-state index contributed by atoms with van der Waals surface area (Å²) >= 11 is 6.19. The Morgan fingerprint density at radius 2 is 2.04 bits per heavy atom. The highest BCUT2D eigenvalue weighted by atomic mass is 35.5. The second-order valence-corrected chi connectivity index (χ2v) is 5.81. The van der Waals surface area contributed by atoms with E-state index in [-0.39, 0.29) is 24.4 Å². The number of amides is 1. The van der Waals surface area contributed by atoms with Gasteiger partial charge >= 0.3 is 0 Å². The molecule has 2 aromatic rings. The molecule has 0 aliphatic carbocycles. The molecule has 0 fully saturated rings. The molecule has 0 saturated carbocycles. The quantitative estimate of drug-likeness (QED) is 0.864. The lowest BCUT2D eigenvalue weighted by atomic mass is 10.1. The van der Waals surface area contributed by atoms with Gasteiger partial charge in [-0.2, -0.15) is 5.10 Å². The number of nitrogens with one attached hydrogen (secondary N) is 1. The molecular formula is C16H22Cl2N4O. The predicted octanol–water partition coefficient (Wildman–Crippen LogP) is 2.70. The van der Waals surface area contributed by atoms with E-state index in [0.717, 1.165) is 11.3 Å². The average molecular weight is 357 g/mol. The minimum absolute atomic E-state index is 0. The third-order valence-electron chi connectivity index (χ3n) is 3.62. The van der Waals surface area contributed by atoms with Gasteiger partial charge < -0.3 is 11.1 Å². The van der Waals surface area contributed by atoms with E-state index in [0.29, 0.717) is 29.4 Å². The number of carbonyl (C=O) groups excluding carboxylic acids is 1. The van der Waals surface area contributed by atoms with Gasteiger partial charge in [0.05, 0.1) is 17.8 Å². The molecule has 0 aliphatic rings. The zero-order valence-corrected chi connectivity index (χ0v) is 15.0. The van der Waals surface area contributed by atoms with Crippen LogP contribution in [0.1, 0.15) is 34.2 Å². The molecule has 5 nitrogen and oxygen atoms in total. The van der Waals surface area contributed by atoms with Gasteiger partial charge in [0.25, 0.3) is 5.91 Å². The smallest absolute Gasteiger partial charge is 0.255 e. The number of rotatable bonds is 5. The van der Waals surface area contributed by atoms with E-state index in [1.54, 1.807) is 4.68 Å². The molecule has 1 aromatic carbocycles. The van der Waals surface area contributed by atoms with E-state index in [9.17, 15) is 4.79 Å². The number of aromatic nitrogens is 2. The van der Waals surface area contributed by atoms with Crippen molar-refractivity contribution in [1.82, 2.24) is 15.1 Å². The molecule has 0 saturated heterocycles. The van der Waals surface area contributed by atoms with Gasteiger partial charge in [-0.05, 0) is 32.4 Å². The molecule has 1 aromatic heterocycles. The van der Waals surface area contributed by atoms with Crippen molar-refractivity contribution in [2.45, 2.75) is 33.4 Å². The topological polar surface area (TPSA) is 72.9 Å². The molecule has 126 valence electrons. The van der Waals surface area contributed by atoms with Gasteiger partial charge in [-0.25, -0.2) is 0 Å². The molecule has 2 rings (SSSR count). The third-order valence-corrected chi connectivity index (χ3v) is 3.99. The number of nitrogens with zero attached hydrogens (tertiary/aromatic N) is 2. The maximum Gasteiger partial charge on any atom is 0.255 e. The monoisotopic (exact) mass is 356 g/mol. The molecule has 1 amide bonds. The van der Waals surface area contributed by atoms with Crippen LogP contribution >= 0.6 is 24.0 Å². The fourth-order valence-electron chi connectivity index (χ4n) is 2.32. The number of carbonyl (C=O) groups is 1. The summed E-state index contributed by atoms with van der Waals surface area (Å²) in [6.45, 7) is 6.53. The Morgan fingerprint density at radius 3 is 2.65 bits per heavy atom. The summed E-state index contributed by atoms with van der Waals surface area (Å²) in [5.41, 5.74) is 8.64. The van der Waals surface area contributed by atoms with Crippen LogP contribution in [0.5, 0.6) is 0 Å². The minimum atomic E-state index is -0.140. The lowest BCUT2D eigenvalue weighted by Gasteiger charge is -2.11. The van der Waals surface area contributed by atoms with Crippen molar-refractivity contribution >= 4 is 29.9 Å². The summed E-state index contributed by atoms with van der Waals surface area (Å²) in [4.78, 5) is 12.3. The van der Waals surface area contributed by atoms with Gasteiger partial charge in [0, 0.05) is 23.3 Å². The molecule has 0 aliphatic heterocycles. The maximum atomic E-state index is 12.3. The summed E-state index contributed by atoms with van der Waals surface area (Å²) < 4.78 is 1.80. The Balaban J connectivity index is 0.00000264. The highest BCUT2D eigenvalue weighted by Crippen LogP contribution is 2.19. The van der Waals surface area contributed by atoms with Crippen molar-refractivity contribution in [2.75, 3.05) is 6.54 Å². The van der Waals surface area contributed by atoms with Gasteiger partial charge in [0.1, 0.15) is 0 Å². The van der Waals surface area contributed by atoms with Crippen molar-refractivity contribution in [3.05, 3.63) is 51.8 Å². The number of hydrogen-bond donors (Lipinski definition) is 2. The van der Waals surface area contributed by atoms with Crippen molar-refractivity contribution in [3.63, 3.8) is 0 Å². The molecule has 1 atom stereocenters. The highest BCUT2D eigenvalue weighted by molar-refractivity contribution is 6.31. The van der Waals surface area contributed by atoms with Crippen LogP contribution in [0, 0.1) is 13.8 Å². The van der Waals surface area contributed by atoms with E-state index < -0.39 is 0 Å². The second kappa shape index (κ2) is 8.34. The van der Waals surface area contributed by atoms with Crippen molar-refractivity contribution in [2.24, 2.45) is 5.73 Å². The minimum Gasteiger partial charge on any atom is -0.348 e. The van der Waals surface area contributed by atoms with Gasteiger partial charge in [-0.15, -0.1) is 12.4 Å². The van der Waals surface area contributed by atoms with Crippen LogP contribution in [0.2, 0.25) is 5.02 Å². The first kappa shape index (κ1) is 19.5. The zero-order valence-electron chi connectivity index (χ0n) is 13.5. The SMILES string of the molecule is Cc1nn(Cc2ccccc2Cl)c(C)c1C(=O)N[C@@H](C)CN.Cl. The normalized spacial score (nSPS) is 11.7. The fourth-order valence-corrected chi connectivity index (χ4v) is 2.52. The fraction of sp³-hybridized carbons (Fsp3) is 0.375. The summed E-state index contributed by atoms with van der Waals surface area (Å²) in [6.07, 6.45) is 0. The highest BCUT2D eigenvalue weighted by Gasteiger charge is 2.20. The van der Waals surface area contributed by atoms with Gasteiger partial charge in [0.15, 0.2) is 0 Å². The summed E-state index contributed by atoms with van der Waals surface area (Å²) in [5, 5.41) is 8.03. The Morgan fingerprint density at radius 1 is 1.39 bits per heavy atom. The maximum absolute atomic E-state index is 12.3. The van der Waals surface area contributed by atoms with Crippen LogP contribution in [0.3, 0.4) is 0 Å². The molecule has 3 N–H and O–H groups in total. The van der Waals surface area contributed by atoms with Crippen LogP contribution in [0.4, 0.5) is 0 Å². The largest absolute Gasteiger partial charge is 0.348 e. The lowest BCUT2D eigenvalue weighted by Crippen LogP contribution is -2.38. The molecule has 7 heteroatoms. The third kappa shape index (κ3) is 4.47. The van der Waals surface area contributed by atoms with E-state index in [2.05, 4.69) is 10.4 Å². The number of halogens is 2. The Labute approximate surface area is 147 Å². The van der Waals surface area contributed by atoms with Crippen LogP contribution in [-0.2, 0) is 6.54 Å². The van der Waals surface area contributed by atoms with Gasteiger partial charge in [-0.1, -0.05) is 29.8 Å². The first-order valence-corrected chi connectivity index (χ1v) is 7.60. The van der Waals surface area contributed by atoms with Gasteiger partial charge in [-0.3, -0.25) is 9.48 Å². The predicted molar refractivity (Wildman–Crippen MR) is 95.5 cm³/mol. The number of nitrogens with two attached hydrogens (primary N) is 1. The summed E-state index contributed by atoms with van der Waals surface area (Å²) in [7, 11) is 0. The van der Waals surface area contributed by atoms with Crippen LogP contribution in [0.15, 0.2) is 24.3 Å². The molecule has 0 unspecified atom stereocenters. The van der Waals surface area contributed by atoms with E-state index >= 15 is 0 Å². The number of benzene rings is 1. The average Bonchev–Trinajstić information content (AvgIpc) is 2.75. The Kier molecular flexibility index (Phi) is 7.06. The van der Waals surface area contributed by atoms with Crippen LogP contribution in [-0.4, -0.2) is 28.3 Å². The molecular weight excluding hydrogens is 335 g/mol. The number of aryl methyl sites for hydroxylation is 1. The summed E-state index contributed by atoms with van der Waals surface area (Å²) in [5.74, 6) is -0.140. The first-order chi connectivity index (χ1) is 10.4. The van der Waals surface area contributed by atoms with E-state index in [1.807, 2.05) is 45.0 Å². The number of hydrogen-bond acceptors (Lipinski definition) is 3. The molecule has 1 heterocycles. The van der Waals surface area contributed by atoms with Crippen LogP contribution in [0.25, 0.3) is 0 Å². The molecule has 0 bridgehead atoms. The van der Waals surface area contributed by atoms with Crippen molar-refractivity contribution < 1.29 is 4.79 Å². The van der Waals surface area contributed by atoms with Crippen molar-refractivity contribution in [1.29, 1.82) is 0 Å². The summed E-state index contributed by atoms with van der Waals surface area (Å²) in [6, 6.07) is 7.55. The zero-order chi connectivity index (χ0) is 16.3. The van der Waals surface area contributed by atoms with E-state index in [4.69, 9.17) is 17.3 Å². The lowest BCUT2D eigenvalue weighted by molar-refractivity contribution is 0.0940. The van der Waals surface area contributed by atoms with Crippen LogP contribution < -0.4 is 11.1 Å². The van der Waals surface area contributed by atoms with Crippen molar-refractivity contribution in [3.8, 4) is 0 Å². The Hall–Kier alpha value is -1.56. The van der Waals surface area contributed by atoms with E-state index in [1.165, 1.54) is 0 Å². The molecule has 23 heavy (non-hydrogen) atoms. The second-order valence-electron chi connectivity index (χ2n) is 5.41. The Bertz CT molecular complexity index is 685.